The first-order valence-corrected chi connectivity index (χ1v) is 11.1. The van der Waals surface area contributed by atoms with Gasteiger partial charge >= 0.3 is 5.69 Å². The first kappa shape index (κ1) is 20.6. The smallest absolute Gasteiger partial charge is 0.331 e. The van der Waals surface area contributed by atoms with Crippen molar-refractivity contribution in [1.29, 1.82) is 0 Å². The van der Waals surface area contributed by atoms with Crippen molar-refractivity contribution < 1.29 is 5.11 Å². The molecule has 2 atom stereocenters. The van der Waals surface area contributed by atoms with Crippen molar-refractivity contribution >= 4 is 5.82 Å². The van der Waals surface area contributed by atoms with E-state index in [1.807, 2.05) is 29.7 Å². The molecule has 0 radical (unpaired) electrons. The summed E-state index contributed by atoms with van der Waals surface area (Å²) in [4.78, 5) is 22.7. The summed E-state index contributed by atoms with van der Waals surface area (Å²) in [5.74, 6) is 2.21. The molecule has 30 heavy (non-hydrogen) atoms. The van der Waals surface area contributed by atoms with Gasteiger partial charge in [0.05, 0.1) is 6.10 Å². The summed E-state index contributed by atoms with van der Waals surface area (Å²) in [5, 5.41) is 13.3. The monoisotopic (exact) mass is 409 g/mol. The van der Waals surface area contributed by atoms with Crippen molar-refractivity contribution in [2.24, 2.45) is 0 Å². The Morgan fingerprint density at radius 2 is 2.03 bits per heavy atom. The van der Waals surface area contributed by atoms with E-state index in [1.165, 1.54) is 5.56 Å². The molecule has 0 bridgehead atoms. The first-order chi connectivity index (χ1) is 14.6. The Morgan fingerprint density at radius 3 is 2.77 bits per heavy atom. The molecule has 3 aliphatic rings. The fourth-order valence-corrected chi connectivity index (χ4v) is 4.21. The number of anilines is 1. The lowest BCUT2D eigenvalue weighted by molar-refractivity contribution is 0.157. The summed E-state index contributed by atoms with van der Waals surface area (Å²) < 4.78 is 3.59. The van der Waals surface area contributed by atoms with E-state index in [0.717, 1.165) is 49.4 Å². The molecule has 4 rings (SSSR count). The van der Waals surface area contributed by atoms with E-state index in [9.17, 15) is 9.90 Å². The van der Waals surface area contributed by atoms with Gasteiger partial charge in [-0.05, 0) is 37.7 Å². The molecule has 1 aromatic rings. The lowest BCUT2D eigenvalue weighted by atomic mass is 10.1. The molecule has 0 spiro atoms. The summed E-state index contributed by atoms with van der Waals surface area (Å²) in [5.41, 5.74) is 2.01. The van der Waals surface area contributed by atoms with Gasteiger partial charge in [-0.25, -0.2) is 14.8 Å². The molecule has 2 N–H and O–H groups in total. The van der Waals surface area contributed by atoms with Gasteiger partial charge in [-0.2, -0.15) is 0 Å². The topological polar surface area (TPSA) is 85.0 Å². The Kier molecular flexibility index (Phi) is 6.18. The van der Waals surface area contributed by atoms with Crippen LogP contribution in [0.15, 0.2) is 35.1 Å². The molecule has 1 unspecified atom stereocenters. The maximum atomic E-state index is 13.2. The summed E-state index contributed by atoms with van der Waals surface area (Å²) in [6.45, 7) is 5.31. The van der Waals surface area contributed by atoms with Crippen molar-refractivity contribution in [3.05, 3.63) is 52.2 Å². The predicted molar refractivity (Wildman–Crippen MR) is 118 cm³/mol. The second-order valence-electron chi connectivity index (χ2n) is 8.19. The van der Waals surface area contributed by atoms with Gasteiger partial charge in [0.15, 0.2) is 5.82 Å². The average molecular weight is 410 g/mol. The predicted octanol–water partition coefficient (Wildman–Crippen LogP) is 3.09. The van der Waals surface area contributed by atoms with E-state index >= 15 is 0 Å². The fourth-order valence-electron chi connectivity index (χ4n) is 4.21. The Hall–Kier alpha value is -2.67. The van der Waals surface area contributed by atoms with E-state index in [-0.39, 0.29) is 17.8 Å². The quantitative estimate of drug-likeness (QED) is 0.567. The maximum Gasteiger partial charge on any atom is 0.331 e. The number of aryl methyl sites for hydroxylation is 1. The van der Waals surface area contributed by atoms with Crippen LogP contribution in [0.25, 0.3) is 11.5 Å². The minimum absolute atomic E-state index is 0.0183. The van der Waals surface area contributed by atoms with Crippen LogP contribution >= 0.6 is 0 Å². The Morgan fingerprint density at radius 1 is 1.23 bits per heavy atom. The minimum atomic E-state index is -0.270. The van der Waals surface area contributed by atoms with E-state index in [2.05, 4.69) is 24.4 Å². The Bertz CT molecular complexity index is 1010. The number of aromatic nitrogens is 4. The second kappa shape index (κ2) is 9.00. The van der Waals surface area contributed by atoms with Crippen molar-refractivity contribution in [1.82, 2.24) is 19.1 Å². The van der Waals surface area contributed by atoms with Crippen molar-refractivity contribution in [2.45, 2.75) is 77.6 Å². The van der Waals surface area contributed by atoms with E-state index in [0.29, 0.717) is 25.3 Å². The summed E-state index contributed by atoms with van der Waals surface area (Å²) in [7, 11) is 0. The second-order valence-corrected chi connectivity index (χ2v) is 8.19. The van der Waals surface area contributed by atoms with Crippen LogP contribution in [0, 0.1) is 0 Å². The molecular weight excluding hydrogens is 378 g/mol. The van der Waals surface area contributed by atoms with E-state index < -0.39 is 0 Å². The number of fused-ring (bicyclic) bond motifs is 3. The van der Waals surface area contributed by atoms with Crippen LogP contribution < -0.4 is 11.0 Å². The number of aliphatic hydroxyl groups is 1. The summed E-state index contributed by atoms with van der Waals surface area (Å²) in [6.07, 6.45) is 4.49. The molecule has 0 saturated carbocycles. The zero-order valence-corrected chi connectivity index (χ0v) is 17.8. The number of aliphatic hydroxyl groups excluding tert-OH is 1. The van der Waals surface area contributed by atoms with Crippen LogP contribution in [-0.4, -0.2) is 36.4 Å². The molecule has 3 heterocycles. The van der Waals surface area contributed by atoms with Gasteiger partial charge in [0, 0.05) is 25.6 Å². The van der Waals surface area contributed by atoms with Gasteiger partial charge in [-0.3, -0.25) is 9.13 Å². The van der Waals surface area contributed by atoms with Crippen LogP contribution in [0.4, 0.5) is 5.82 Å². The van der Waals surface area contributed by atoms with Crippen LogP contribution in [0.1, 0.15) is 50.9 Å². The summed E-state index contributed by atoms with van der Waals surface area (Å²) >= 11 is 0. The van der Waals surface area contributed by atoms with Gasteiger partial charge < -0.3 is 10.4 Å². The van der Waals surface area contributed by atoms with Gasteiger partial charge in [0.1, 0.15) is 17.3 Å². The third kappa shape index (κ3) is 4.12. The highest BCUT2D eigenvalue weighted by molar-refractivity contribution is 5.69. The fraction of sp³-hybridized carbons (Fsp3) is 0.522. The van der Waals surface area contributed by atoms with Gasteiger partial charge in [-0.1, -0.05) is 44.2 Å². The largest absolute Gasteiger partial charge is 0.393 e. The zero-order chi connectivity index (χ0) is 21.1. The molecular formula is C23H31N5O2. The molecule has 0 fully saturated rings. The number of rotatable bonds is 9. The maximum absolute atomic E-state index is 13.2. The number of imidazole rings is 1. The van der Waals surface area contributed by atoms with Crippen LogP contribution in [-0.2, 0) is 25.9 Å². The molecule has 7 heteroatoms. The van der Waals surface area contributed by atoms with Crippen LogP contribution in [0.2, 0.25) is 0 Å². The Labute approximate surface area is 177 Å². The Balaban J connectivity index is 1.62. The number of nitrogens with one attached hydrogen (secondary N) is 1. The molecule has 0 amide bonds. The van der Waals surface area contributed by atoms with Gasteiger partial charge in [0.2, 0.25) is 0 Å². The van der Waals surface area contributed by atoms with Crippen molar-refractivity contribution in [2.75, 3.05) is 5.32 Å². The summed E-state index contributed by atoms with van der Waals surface area (Å²) in [6, 6.07) is 10.5. The molecule has 0 saturated heterocycles. The highest BCUT2D eigenvalue weighted by Crippen LogP contribution is 2.31. The van der Waals surface area contributed by atoms with Crippen LogP contribution in [0.3, 0.4) is 0 Å². The number of benzene rings is 1. The third-order valence-electron chi connectivity index (χ3n) is 5.82. The number of nitrogens with zero attached hydrogens (tertiary/aromatic N) is 4. The lowest BCUT2D eigenvalue weighted by Gasteiger charge is -2.13. The molecule has 0 aromatic heterocycles. The first-order valence-electron chi connectivity index (χ1n) is 11.1. The van der Waals surface area contributed by atoms with Crippen molar-refractivity contribution in [3.63, 3.8) is 0 Å². The number of hydrogen-bond donors (Lipinski definition) is 2. The van der Waals surface area contributed by atoms with Crippen molar-refractivity contribution in [3.8, 4) is 11.5 Å². The minimum Gasteiger partial charge on any atom is -0.393 e. The molecule has 3 aliphatic heterocycles. The van der Waals surface area contributed by atoms with Gasteiger partial charge in [0.25, 0.3) is 0 Å². The average Bonchev–Trinajstić information content (AvgIpc) is 3.36. The molecule has 7 nitrogen and oxygen atoms in total. The van der Waals surface area contributed by atoms with Gasteiger partial charge in [-0.15, -0.1) is 0 Å². The van der Waals surface area contributed by atoms with E-state index in [1.54, 1.807) is 4.57 Å². The highest BCUT2D eigenvalue weighted by Gasteiger charge is 2.31. The number of hydrogen-bond acceptors (Lipinski definition) is 5. The standard InChI is InChI=1S/C23H31N5O2/c1-3-13-27-22-20(25-19(26-22)12-8-11-18(29)4-2)21-24-17(15-28(21)23(27)30)14-16-9-6-5-7-10-16/h5-7,9-10,17-18,24,29H,3-4,8,11-15H2,1-2H3/t17-,18?/m1/s1. The zero-order valence-electron chi connectivity index (χ0n) is 17.8. The molecule has 160 valence electrons. The highest BCUT2D eigenvalue weighted by atomic mass is 16.3. The molecule has 0 aliphatic carbocycles. The van der Waals surface area contributed by atoms with E-state index in [4.69, 9.17) is 9.97 Å². The normalized spacial score (nSPS) is 16.6. The third-order valence-corrected chi connectivity index (χ3v) is 5.82. The van der Waals surface area contributed by atoms with Crippen LogP contribution in [0.5, 0.6) is 0 Å². The lowest BCUT2D eigenvalue weighted by Crippen LogP contribution is -2.32. The molecule has 1 aromatic carbocycles. The SMILES string of the molecule is CCCn1c2nc(CCCC(O)CC)nc-2c2n(c1=O)C[C@@H](Cc1ccccc1)N2.